The molecule has 0 spiro atoms. The molecule has 0 fully saturated rings. The Kier molecular flexibility index (Phi) is 4.60. The van der Waals surface area contributed by atoms with Crippen molar-refractivity contribution in [1.82, 2.24) is 4.98 Å². The van der Waals surface area contributed by atoms with Crippen molar-refractivity contribution in [3.05, 3.63) is 24.0 Å². The molecule has 0 aromatic carbocycles. The van der Waals surface area contributed by atoms with Gasteiger partial charge in [-0.15, -0.1) is 0 Å². The van der Waals surface area contributed by atoms with Crippen molar-refractivity contribution in [1.29, 1.82) is 0 Å². The van der Waals surface area contributed by atoms with Crippen molar-refractivity contribution >= 4 is 5.97 Å². The summed E-state index contributed by atoms with van der Waals surface area (Å²) >= 11 is 0. The number of aliphatic carboxylic acids is 1. The SMILES string of the molecule is CCCOc1cncc(CCC(=O)O)c1. The molecule has 15 heavy (non-hydrogen) atoms. The van der Waals surface area contributed by atoms with E-state index in [1.807, 2.05) is 13.0 Å². The van der Waals surface area contributed by atoms with Gasteiger partial charge >= 0.3 is 5.97 Å². The van der Waals surface area contributed by atoms with Gasteiger partial charge in [0, 0.05) is 12.6 Å². The van der Waals surface area contributed by atoms with E-state index < -0.39 is 5.97 Å². The highest BCUT2D eigenvalue weighted by Gasteiger charge is 2.01. The van der Waals surface area contributed by atoms with E-state index in [2.05, 4.69) is 4.98 Å². The van der Waals surface area contributed by atoms with Crippen LogP contribution in [-0.4, -0.2) is 22.7 Å². The molecule has 1 rings (SSSR count). The lowest BCUT2D eigenvalue weighted by molar-refractivity contribution is -0.136. The molecular formula is C11H15NO3. The first-order valence-corrected chi connectivity index (χ1v) is 5.01. The molecule has 4 heteroatoms. The van der Waals surface area contributed by atoms with Crippen LogP contribution in [0.15, 0.2) is 18.5 Å². The summed E-state index contributed by atoms with van der Waals surface area (Å²) < 4.78 is 5.39. The number of aromatic nitrogens is 1. The Morgan fingerprint density at radius 1 is 1.53 bits per heavy atom. The van der Waals surface area contributed by atoms with Crippen LogP contribution in [-0.2, 0) is 11.2 Å². The number of ether oxygens (including phenoxy) is 1. The summed E-state index contributed by atoms with van der Waals surface area (Å²) in [4.78, 5) is 14.4. The maximum atomic E-state index is 10.4. The number of aryl methyl sites for hydroxylation is 1. The van der Waals surface area contributed by atoms with E-state index in [4.69, 9.17) is 9.84 Å². The molecule has 0 aliphatic rings. The van der Waals surface area contributed by atoms with Crippen LogP contribution in [0.3, 0.4) is 0 Å². The first-order chi connectivity index (χ1) is 7.22. The fourth-order valence-corrected chi connectivity index (χ4v) is 1.15. The van der Waals surface area contributed by atoms with E-state index in [0.717, 1.165) is 12.0 Å². The normalized spacial score (nSPS) is 9.93. The van der Waals surface area contributed by atoms with Crippen LogP contribution in [0.2, 0.25) is 0 Å². The first-order valence-electron chi connectivity index (χ1n) is 5.01. The number of hydrogen-bond acceptors (Lipinski definition) is 3. The third-order valence-electron chi connectivity index (χ3n) is 1.87. The van der Waals surface area contributed by atoms with Crippen LogP contribution >= 0.6 is 0 Å². The summed E-state index contributed by atoms with van der Waals surface area (Å²) in [5.41, 5.74) is 0.894. The van der Waals surface area contributed by atoms with E-state index in [1.54, 1.807) is 12.4 Å². The van der Waals surface area contributed by atoms with Crippen molar-refractivity contribution in [2.75, 3.05) is 6.61 Å². The summed E-state index contributed by atoms with van der Waals surface area (Å²) in [6.07, 6.45) is 4.87. The summed E-state index contributed by atoms with van der Waals surface area (Å²) in [6, 6.07) is 1.84. The maximum absolute atomic E-state index is 10.4. The van der Waals surface area contributed by atoms with Gasteiger partial charge in [0.25, 0.3) is 0 Å². The number of rotatable bonds is 6. The molecule has 0 saturated heterocycles. The molecule has 0 aliphatic carbocycles. The Labute approximate surface area is 88.9 Å². The zero-order valence-electron chi connectivity index (χ0n) is 8.77. The molecule has 0 amide bonds. The molecule has 0 radical (unpaired) electrons. The lowest BCUT2D eigenvalue weighted by Crippen LogP contribution is -1.99. The molecule has 1 aromatic rings. The molecule has 1 aromatic heterocycles. The van der Waals surface area contributed by atoms with Crippen molar-refractivity contribution < 1.29 is 14.6 Å². The number of nitrogens with zero attached hydrogens (tertiary/aromatic N) is 1. The third-order valence-corrected chi connectivity index (χ3v) is 1.87. The van der Waals surface area contributed by atoms with Gasteiger partial charge in [0.2, 0.25) is 0 Å². The van der Waals surface area contributed by atoms with E-state index in [9.17, 15) is 4.79 Å². The highest BCUT2D eigenvalue weighted by molar-refractivity contribution is 5.67. The second-order valence-electron chi connectivity index (χ2n) is 3.27. The van der Waals surface area contributed by atoms with Gasteiger partial charge in [-0.3, -0.25) is 9.78 Å². The van der Waals surface area contributed by atoms with Crippen molar-refractivity contribution in [3.63, 3.8) is 0 Å². The highest BCUT2D eigenvalue weighted by atomic mass is 16.5. The molecule has 82 valence electrons. The number of hydrogen-bond donors (Lipinski definition) is 1. The minimum atomic E-state index is -0.796. The van der Waals surface area contributed by atoms with E-state index in [1.165, 1.54) is 0 Å². The molecule has 1 heterocycles. The Bertz CT molecular complexity index is 325. The lowest BCUT2D eigenvalue weighted by Gasteiger charge is -2.05. The van der Waals surface area contributed by atoms with Gasteiger partial charge < -0.3 is 9.84 Å². The molecule has 0 unspecified atom stereocenters. The van der Waals surface area contributed by atoms with Gasteiger partial charge in [0.05, 0.1) is 12.8 Å². The second-order valence-corrected chi connectivity index (χ2v) is 3.27. The van der Waals surface area contributed by atoms with E-state index in [0.29, 0.717) is 18.8 Å². The fourth-order valence-electron chi connectivity index (χ4n) is 1.15. The smallest absolute Gasteiger partial charge is 0.303 e. The Balaban J connectivity index is 2.53. The molecule has 0 saturated carbocycles. The van der Waals surface area contributed by atoms with Gasteiger partial charge in [-0.1, -0.05) is 6.92 Å². The second kappa shape index (κ2) is 6.01. The van der Waals surface area contributed by atoms with Gasteiger partial charge in [-0.2, -0.15) is 0 Å². The molecule has 0 aliphatic heterocycles. The van der Waals surface area contributed by atoms with Gasteiger partial charge in [0.1, 0.15) is 5.75 Å². The number of carboxylic acids is 1. The van der Waals surface area contributed by atoms with Crippen LogP contribution in [0.25, 0.3) is 0 Å². The number of pyridine rings is 1. The molecular weight excluding hydrogens is 194 g/mol. The van der Waals surface area contributed by atoms with Crippen LogP contribution < -0.4 is 4.74 Å². The Morgan fingerprint density at radius 3 is 3.00 bits per heavy atom. The van der Waals surface area contributed by atoms with Gasteiger partial charge in [0.15, 0.2) is 0 Å². The minimum Gasteiger partial charge on any atom is -0.492 e. The zero-order valence-corrected chi connectivity index (χ0v) is 8.77. The monoisotopic (exact) mass is 209 g/mol. The minimum absolute atomic E-state index is 0.124. The van der Waals surface area contributed by atoms with Crippen LogP contribution in [0.4, 0.5) is 0 Å². The molecule has 4 nitrogen and oxygen atoms in total. The van der Waals surface area contributed by atoms with Gasteiger partial charge in [-0.05, 0) is 24.5 Å². The standard InChI is InChI=1S/C11H15NO3/c1-2-5-15-10-6-9(7-12-8-10)3-4-11(13)14/h6-8H,2-5H2,1H3,(H,13,14). The molecule has 0 atom stereocenters. The van der Waals surface area contributed by atoms with Crippen molar-refractivity contribution in [2.24, 2.45) is 0 Å². The average molecular weight is 209 g/mol. The summed E-state index contributed by atoms with van der Waals surface area (Å²) in [7, 11) is 0. The van der Waals surface area contributed by atoms with E-state index in [-0.39, 0.29) is 6.42 Å². The fraction of sp³-hybridized carbons (Fsp3) is 0.455. The summed E-state index contributed by atoms with van der Waals surface area (Å²) in [5, 5.41) is 8.53. The first kappa shape index (κ1) is 11.5. The van der Waals surface area contributed by atoms with Gasteiger partial charge in [-0.25, -0.2) is 0 Å². The molecule has 1 N–H and O–H groups in total. The summed E-state index contributed by atoms with van der Waals surface area (Å²) in [6.45, 7) is 2.69. The average Bonchev–Trinajstić information content (AvgIpc) is 2.24. The maximum Gasteiger partial charge on any atom is 0.303 e. The predicted molar refractivity (Wildman–Crippen MR) is 56.0 cm³/mol. The van der Waals surface area contributed by atoms with Crippen LogP contribution in [0.1, 0.15) is 25.3 Å². The van der Waals surface area contributed by atoms with Crippen molar-refractivity contribution in [3.8, 4) is 5.75 Å². The molecule has 0 bridgehead atoms. The predicted octanol–water partition coefficient (Wildman–Crippen LogP) is 1.89. The van der Waals surface area contributed by atoms with Crippen LogP contribution in [0.5, 0.6) is 5.75 Å². The topological polar surface area (TPSA) is 59.4 Å². The zero-order chi connectivity index (χ0) is 11.1. The Morgan fingerprint density at radius 2 is 2.33 bits per heavy atom. The third kappa shape index (κ3) is 4.44. The highest BCUT2D eigenvalue weighted by Crippen LogP contribution is 2.12. The summed E-state index contributed by atoms with van der Waals surface area (Å²) in [5.74, 6) is -0.0883. The lowest BCUT2D eigenvalue weighted by atomic mass is 10.1. The number of carbonyl (C=O) groups is 1. The Hall–Kier alpha value is -1.58. The largest absolute Gasteiger partial charge is 0.492 e. The van der Waals surface area contributed by atoms with Crippen LogP contribution in [0, 0.1) is 0 Å². The quantitative estimate of drug-likeness (QED) is 0.777. The van der Waals surface area contributed by atoms with E-state index >= 15 is 0 Å². The van der Waals surface area contributed by atoms with Crippen molar-refractivity contribution in [2.45, 2.75) is 26.2 Å². The number of carboxylic acid groups (broad SMARTS) is 1.